The molecule has 0 unspecified atom stereocenters. The molecular formula is C16H14ClN3O5. The summed E-state index contributed by atoms with van der Waals surface area (Å²) in [6.07, 6.45) is 0. The number of halogens is 1. The minimum atomic E-state index is -0.870. The maximum atomic E-state index is 12.1. The molecule has 2 aromatic rings. The number of oxime groups is 1. The van der Waals surface area contributed by atoms with Gasteiger partial charge in [0.25, 0.3) is 5.69 Å². The fraction of sp³-hybridized carbons (Fsp3) is 0.125. The molecule has 0 saturated heterocycles. The first-order valence-electron chi connectivity index (χ1n) is 6.98. The highest BCUT2D eigenvalue weighted by molar-refractivity contribution is 6.31. The van der Waals surface area contributed by atoms with Crippen molar-refractivity contribution in [3.63, 3.8) is 0 Å². The van der Waals surface area contributed by atoms with Gasteiger partial charge < -0.3 is 15.3 Å². The summed E-state index contributed by atoms with van der Waals surface area (Å²) >= 11 is 5.91. The molecule has 0 fully saturated rings. The number of carbonyl (C=O) groups is 1. The van der Waals surface area contributed by atoms with Crippen molar-refractivity contribution in [1.82, 2.24) is 0 Å². The normalized spacial score (nSPS) is 11.1. The van der Waals surface area contributed by atoms with Gasteiger partial charge in [-0.25, -0.2) is 4.79 Å². The van der Waals surface area contributed by atoms with Crippen molar-refractivity contribution in [3.05, 3.63) is 68.2 Å². The molecule has 2 rings (SSSR count). The molecule has 0 amide bonds. The molecule has 0 aliphatic rings. The molecule has 2 N–H and O–H groups in total. The van der Waals surface area contributed by atoms with E-state index in [0.29, 0.717) is 16.3 Å². The molecule has 0 aromatic heterocycles. The number of nitrogens with zero attached hydrogens (tertiary/aromatic N) is 2. The summed E-state index contributed by atoms with van der Waals surface area (Å²) in [4.78, 5) is 27.3. The van der Waals surface area contributed by atoms with Gasteiger partial charge >= 0.3 is 5.97 Å². The minimum Gasteiger partial charge on any atom is -0.496 e. The Hall–Kier alpha value is -3.13. The van der Waals surface area contributed by atoms with E-state index in [2.05, 4.69) is 5.16 Å². The monoisotopic (exact) mass is 363 g/mol. The van der Waals surface area contributed by atoms with E-state index in [0.717, 1.165) is 0 Å². The zero-order valence-corrected chi connectivity index (χ0v) is 14.1. The quantitative estimate of drug-likeness (QED) is 0.287. The smallest absolute Gasteiger partial charge is 0.366 e. The molecule has 0 radical (unpaired) electrons. The van der Waals surface area contributed by atoms with Crippen LogP contribution in [0.4, 0.5) is 5.69 Å². The molecule has 0 aliphatic heterocycles. The summed E-state index contributed by atoms with van der Waals surface area (Å²) in [5, 5.41) is 14.9. The van der Waals surface area contributed by atoms with E-state index in [-0.39, 0.29) is 22.6 Å². The second-order valence-electron chi connectivity index (χ2n) is 4.91. The number of benzene rings is 2. The predicted octanol–water partition coefficient (Wildman–Crippen LogP) is 3.04. The van der Waals surface area contributed by atoms with E-state index >= 15 is 0 Å². The fourth-order valence-electron chi connectivity index (χ4n) is 2.11. The Labute approximate surface area is 147 Å². The standard InChI is InChI=1S/C16H14ClN3O5/c1-9-11(4-3-5-13(9)20(22)23)16(21)25-19-15(18)12-8-10(17)6-7-14(12)24-2/h3-8H,1-2H3,(H2,18,19). The van der Waals surface area contributed by atoms with Crippen molar-refractivity contribution >= 4 is 29.1 Å². The second kappa shape index (κ2) is 7.63. The second-order valence-corrected chi connectivity index (χ2v) is 5.34. The SMILES string of the molecule is COc1ccc(Cl)cc1/C(N)=N/OC(=O)c1cccc([N+](=O)[O-])c1C. The summed E-state index contributed by atoms with van der Waals surface area (Å²) in [5.74, 6) is -0.603. The Kier molecular flexibility index (Phi) is 5.56. The molecule has 130 valence electrons. The predicted molar refractivity (Wildman–Crippen MR) is 92.0 cm³/mol. The van der Waals surface area contributed by atoms with Crippen LogP contribution in [0.2, 0.25) is 5.02 Å². The number of nitrogens with two attached hydrogens (primary N) is 1. The van der Waals surface area contributed by atoms with Gasteiger partial charge in [-0.15, -0.1) is 0 Å². The molecule has 0 saturated carbocycles. The van der Waals surface area contributed by atoms with Crippen LogP contribution in [0.5, 0.6) is 5.75 Å². The summed E-state index contributed by atoms with van der Waals surface area (Å²) in [6, 6.07) is 8.78. The average Bonchev–Trinajstić information content (AvgIpc) is 2.59. The maximum Gasteiger partial charge on any atom is 0.366 e. The van der Waals surface area contributed by atoms with Crippen LogP contribution in [0, 0.1) is 17.0 Å². The van der Waals surface area contributed by atoms with Crippen LogP contribution in [0.25, 0.3) is 0 Å². The van der Waals surface area contributed by atoms with Crippen LogP contribution in [-0.4, -0.2) is 23.8 Å². The van der Waals surface area contributed by atoms with Gasteiger partial charge in [0.1, 0.15) is 5.75 Å². The lowest BCUT2D eigenvalue weighted by atomic mass is 10.1. The molecule has 25 heavy (non-hydrogen) atoms. The van der Waals surface area contributed by atoms with E-state index in [1.165, 1.54) is 38.3 Å². The third-order valence-electron chi connectivity index (χ3n) is 3.39. The van der Waals surface area contributed by atoms with Gasteiger partial charge in [0.15, 0.2) is 5.84 Å². The summed E-state index contributed by atoms with van der Waals surface area (Å²) in [6.45, 7) is 1.45. The molecule has 0 spiro atoms. The van der Waals surface area contributed by atoms with Crippen molar-refractivity contribution < 1.29 is 19.3 Å². The Balaban J connectivity index is 2.27. The van der Waals surface area contributed by atoms with Gasteiger partial charge in [-0.1, -0.05) is 22.8 Å². The zero-order valence-electron chi connectivity index (χ0n) is 13.4. The third kappa shape index (κ3) is 4.04. The van der Waals surface area contributed by atoms with Crippen LogP contribution in [0.3, 0.4) is 0 Å². The Bertz CT molecular complexity index is 867. The lowest BCUT2D eigenvalue weighted by Gasteiger charge is -2.08. The number of rotatable bonds is 5. The first-order valence-corrected chi connectivity index (χ1v) is 7.35. The van der Waals surface area contributed by atoms with Gasteiger partial charge in [-0.2, -0.15) is 0 Å². The number of nitro groups is 1. The van der Waals surface area contributed by atoms with Gasteiger partial charge in [0, 0.05) is 16.7 Å². The Morgan fingerprint density at radius 1 is 1.28 bits per heavy atom. The van der Waals surface area contributed by atoms with Crippen LogP contribution >= 0.6 is 11.6 Å². The lowest BCUT2D eigenvalue weighted by Crippen LogP contribution is -2.16. The topological polar surface area (TPSA) is 117 Å². The van der Waals surface area contributed by atoms with E-state index in [1.54, 1.807) is 12.1 Å². The average molecular weight is 364 g/mol. The van der Waals surface area contributed by atoms with Crippen molar-refractivity contribution in [2.24, 2.45) is 10.9 Å². The van der Waals surface area contributed by atoms with E-state index in [9.17, 15) is 14.9 Å². The number of nitro benzene ring substituents is 1. The maximum absolute atomic E-state index is 12.1. The fourth-order valence-corrected chi connectivity index (χ4v) is 2.28. The number of ether oxygens (including phenoxy) is 1. The van der Waals surface area contributed by atoms with E-state index in [4.69, 9.17) is 26.9 Å². The highest BCUT2D eigenvalue weighted by atomic mass is 35.5. The van der Waals surface area contributed by atoms with Crippen LogP contribution in [-0.2, 0) is 4.84 Å². The Morgan fingerprint density at radius 3 is 2.64 bits per heavy atom. The molecule has 9 heteroatoms. The summed E-state index contributed by atoms with van der Waals surface area (Å²) < 4.78 is 5.14. The minimum absolute atomic E-state index is 0.0174. The van der Waals surface area contributed by atoms with Crippen molar-refractivity contribution in [1.29, 1.82) is 0 Å². The number of hydrogen-bond donors (Lipinski definition) is 1. The Morgan fingerprint density at radius 2 is 2.00 bits per heavy atom. The third-order valence-corrected chi connectivity index (χ3v) is 3.62. The number of carbonyl (C=O) groups excluding carboxylic acids is 1. The van der Waals surface area contributed by atoms with E-state index in [1.807, 2.05) is 0 Å². The van der Waals surface area contributed by atoms with Crippen LogP contribution in [0.1, 0.15) is 21.5 Å². The molecule has 2 aromatic carbocycles. The van der Waals surface area contributed by atoms with Crippen molar-refractivity contribution in [3.8, 4) is 5.75 Å². The molecule has 0 bridgehead atoms. The molecule has 0 heterocycles. The highest BCUT2D eigenvalue weighted by Crippen LogP contribution is 2.23. The molecular weight excluding hydrogens is 350 g/mol. The van der Waals surface area contributed by atoms with Crippen LogP contribution in [0.15, 0.2) is 41.6 Å². The zero-order chi connectivity index (χ0) is 18.6. The van der Waals surface area contributed by atoms with Crippen molar-refractivity contribution in [2.75, 3.05) is 7.11 Å². The van der Waals surface area contributed by atoms with E-state index < -0.39 is 10.9 Å². The van der Waals surface area contributed by atoms with Gasteiger partial charge in [0.2, 0.25) is 0 Å². The van der Waals surface area contributed by atoms with Crippen LogP contribution < -0.4 is 10.5 Å². The number of methoxy groups -OCH3 is 1. The van der Waals surface area contributed by atoms with Gasteiger partial charge in [-0.3, -0.25) is 10.1 Å². The summed E-state index contributed by atoms with van der Waals surface area (Å²) in [5.41, 5.74) is 6.15. The molecule has 0 atom stereocenters. The van der Waals surface area contributed by atoms with Gasteiger partial charge in [0.05, 0.1) is 23.2 Å². The largest absolute Gasteiger partial charge is 0.496 e. The van der Waals surface area contributed by atoms with Crippen molar-refractivity contribution in [2.45, 2.75) is 6.92 Å². The number of hydrogen-bond acceptors (Lipinski definition) is 6. The summed E-state index contributed by atoms with van der Waals surface area (Å²) in [7, 11) is 1.44. The molecule has 0 aliphatic carbocycles. The first kappa shape index (κ1) is 18.2. The van der Waals surface area contributed by atoms with Gasteiger partial charge in [-0.05, 0) is 31.2 Å². The molecule has 8 nitrogen and oxygen atoms in total. The lowest BCUT2D eigenvalue weighted by molar-refractivity contribution is -0.385. The first-order chi connectivity index (χ1) is 11.8. The number of amidine groups is 1. The highest BCUT2D eigenvalue weighted by Gasteiger charge is 2.19.